The van der Waals surface area contributed by atoms with Crippen LogP contribution in [0.1, 0.15) is 17.3 Å². The Balaban J connectivity index is 1.63. The number of para-hydroxylation sites is 2. The number of carbonyl (C=O) groups is 1. The zero-order valence-corrected chi connectivity index (χ0v) is 16.9. The van der Waals surface area contributed by atoms with Crippen molar-refractivity contribution in [2.45, 2.75) is 6.92 Å². The lowest BCUT2D eigenvalue weighted by Crippen LogP contribution is -2.09. The van der Waals surface area contributed by atoms with E-state index in [1.165, 1.54) is 0 Å². The van der Waals surface area contributed by atoms with E-state index in [1.807, 2.05) is 67.6 Å². The molecule has 0 aliphatic heterocycles. The highest BCUT2D eigenvalue weighted by molar-refractivity contribution is 5.90. The SMILES string of the molecule is CCOC(=O)c1ccc(-c2ccc(N(c3ccccc3)c3ccccc3)cc2)cc1. The first-order chi connectivity index (χ1) is 14.8. The Kier molecular flexibility index (Phi) is 5.90. The molecule has 0 aliphatic carbocycles. The van der Waals surface area contributed by atoms with E-state index in [2.05, 4.69) is 53.4 Å². The van der Waals surface area contributed by atoms with E-state index in [0.717, 1.165) is 28.2 Å². The highest BCUT2D eigenvalue weighted by atomic mass is 16.5. The van der Waals surface area contributed by atoms with Gasteiger partial charge in [-0.1, -0.05) is 60.7 Å². The molecule has 4 aromatic rings. The largest absolute Gasteiger partial charge is 0.462 e. The highest BCUT2D eigenvalue weighted by Gasteiger charge is 2.12. The molecule has 0 heterocycles. The lowest BCUT2D eigenvalue weighted by Gasteiger charge is -2.25. The predicted octanol–water partition coefficient (Wildman–Crippen LogP) is 7.00. The van der Waals surface area contributed by atoms with Crippen molar-refractivity contribution >= 4 is 23.0 Å². The quantitative estimate of drug-likeness (QED) is 0.330. The van der Waals surface area contributed by atoms with Gasteiger partial charge in [-0.25, -0.2) is 4.79 Å². The van der Waals surface area contributed by atoms with Crippen molar-refractivity contribution < 1.29 is 9.53 Å². The van der Waals surface area contributed by atoms with Crippen molar-refractivity contribution in [2.75, 3.05) is 11.5 Å². The summed E-state index contributed by atoms with van der Waals surface area (Å²) in [7, 11) is 0. The summed E-state index contributed by atoms with van der Waals surface area (Å²) >= 11 is 0. The van der Waals surface area contributed by atoms with E-state index in [0.29, 0.717) is 12.2 Å². The van der Waals surface area contributed by atoms with Crippen LogP contribution in [0.5, 0.6) is 0 Å². The summed E-state index contributed by atoms with van der Waals surface area (Å²) in [5.74, 6) is -0.291. The van der Waals surface area contributed by atoms with Crippen LogP contribution in [0.15, 0.2) is 109 Å². The number of hydrogen-bond acceptors (Lipinski definition) is 3. The van der Waals surface area contributed by atoms with Crippen LogP contribution in [0, 0.1) is 0 Å². The Hall–Kier alpha value is -3.85. The molecule has 4 rings (SSSR count). The van der Waals surface area contributed by atoms with Gasteiger partial charge < -0.3 is 9.64 Å². The highest BCUT2D eigenvalue weighted by Crippen LogP contribution is 2.35. The number of benzene rings is 4. The first kappa shape index (κ1) is 19.5. The van der Waals surface area contributed by atoms with E-state index < -0.39 is 0 Å². The van der Waals surface area contributed by atoms with Crippen LogP contribution in [0.4, 0.5) is 17.1 Å². The maximum Gasteiger partial charge on any atom is 0.338 e. The molecule has 4 aromatic carbocycles. The first-order valence-electron chi connectivity index (χ1n) is 10.0. The third-order valence-electron chi connectivity index (χ3n) is 4.88. The summed E-state index contributed by atoms with van der Waals surface area (Å²) in [5, 5.41) is 0. The molecule has 0 aromatic heterocycles. The number of rotatable bonds is 6. The normalized spacial score (nSPS) is 10.4. The van der Waals surface area contributed by atoms with Gasteiger partial charge in [0.15, 0.2) is 0 Å². The van der Waals surface area contributed by atoms with Gasteiger partial charge in [-0.3, -0.25) is 0 Å². The zero-order chi connectivity index (χ0) is 20.8. The van der Waals surface area contributed by atoms with Crippen LogP contribution in [0.3, 0.4) is 0 Å². The Labute approximate surface area is 177 Å². The number of esters is 1. The predicted molar refractivity (Wildman–Crippen MR) is 123 cm³/mol. The second kappa shape index (κ2) is 9.10. The van der Waals surface area contributed by atoms with E-state index >= 15 is 0 Å². The zero-order valence-electron chi connectivity index (χ0n) is 16.9. The van der Waals surface area contributed by atoms with Crippen molar-refractivity contribution in [3.8, 4) is 11.1 Å². The average Bonchev–Trinajstić information content (AvgIpc) is 2.81. The lowest BCUT2D eigenvalue weighted by atomic mass is 10.0. The Morgan fingerprint density at radius 3 is 1.53 bits per heavy atom. The third kappa shape index (κ3) is 4.26. The standard InChI is InChI=1S/C27H23NO2/c1-2-30-27(29)23-15-13-21(14-16-23)22-17-19-26(20-18-22)28(24-9-5-3-6-10-24)25-11-7-4-8-12-25/h3-20H,2H2,1H3. The second-order valence-electron chi connectivity index (χ2n) is 6.85. The fraction of sp³-hybridized carbons (Fsp3) is 0.0741. The Bertz CT molecular complexity index is 1050. The summed E-state index contributed by atoms with van der Waals surface area (Å²) in [6.45, 7) is 2.18. The number of carbonyl (C=O) groups excluding carboxylic acids is 1. The van der Waals surface area contributed by atoms with Crippen LogP contribution < -0.4 is 4.90 Å². The molecule has 0 radical (unpaired) electrons. The van der Waals surface area contributed by atoms with Crippen LogP contribution in [-0.4, -0.2) is 12.6 Å². The third-order valence-corrected chi connectivity index (χ3v) is 4.88. The van der Waals surface area contributed by atoms with Gasteiger partial charge in [0.1, 0.15) is 0 Å². The maximum absolute atomic E-state index is 11.9. The van der Waals surface area contributed by atoms with Crippen molar-refractivity contribution in [3.63, 3.8) is 0 Å². The molecule has 30 heavy (non-hydrogen) atoms. The van der Waals surface area contributed by atoms with Gasteiger partial charge in [0.2, 0.25) is 0 Å². The Morgan fingerprint density at radius 1 is 0.633 bits per heavy atom. The number of nitrogens with zero attached hydrogens (tertiary/aromatic N) is 1. The molecule has 0 aliphatic rings. The van der Waals surface area contributed by atoms with E-state index in [-0.39, 0.29) is 5.97 Å². The second-order valence-corrected chi connectivity index (χ2v) is 6.85. The molecule has 0 unspecified atom stereocenters. The fourth-order valence-electron chi connectivity index (χ4n) is 3.42. The van der Waals surface area contributed by atoms with Crippen LogP contribution in [0.25, 0.3) is 11.1 Å². The molecule has 0 atom stereocenters. The monoisotopic (exact) mass is 393 g/mol. The van der Waals surface area contributed by atoms with Crippen molar-refractivity contribution in [3.05, 3.63) is 115 Å². The minimum Gasteiger partial charge on any atom is -0.462 e. The molecular formula is C27H23NO2. The van der Waals surface area contributed by atoms with Gasteiger partial charge in [0.05, 0.1) is 12.2 Å². The number of anilines is 3. The van der Waals surface area contributed by atoms with Crippen molar-refractivity contribution in [2.24, 2.45) is 0 Å². The smallest absolute Gasteiger partial charge is 0.338 e. The summed E-state index contributed by atoms with van der Waals surface area (Å²) < 4.78 is 5.06. The molecule has 3 nitrogen and oxygen atoms in total. The van der Waals surface area contributed by atoms with Gasteiger partial charge in [-0.15, -0.1) is 0 Å². The van der Waals surface area contributed by atoms with Crippen molar-refractivity contribution in [1.29, 1.82) is 0 Å². The van der Waals surface area contributed by atoms with Crippen LogP contribution >= 0.6 is 0 Å². The molecule has 148 valence electrons. The van der Waals surface area contributed by atoms with Crippen LogP contribution in [0.2, 0.25) is 0 Å². The molecule has 0 amide bonds. The topological polar surface area (TPSA) is 29.5 Å². The van der Waals surface area contributed by atoms with Gasteiger partial charge in [0.25, 0.3) is 0 Å². The van der Waals surface area contributed by atoms with E-state index in [4.69, 9.17) is 4.74 Å². The summed E-state index contributed by atoms with van der Waals surface area (Å²) in [5.41, 5.74) is 6.01. The molecule has 3 heteroatoms. The summed E-state index contributed by atoms with van der Waals surface area (Å²) in [4.78, 5) is 14.1. The van der Waals surface area contributed by atoms with Crippen molar-refractivity contribution in [1.82, 2.24) is 0 Å². The molecule has 0 spiro atoms. The molecule has 0 N–H and O–H groups in total. The molecular weight excluding hydrogens is 370 g/mol. The van der Waals surface area contributed by atoms with Gasteiger partial charge in [-0.2, -0.15) is 0 Å². The minimum atomic E-state index is -0.291. The summed E-state index contributed by atoms with van der Waals surface area (Å²) in [6.07, 6.45) is 0. The van der Waals surface area contributed by atoms with Gasteiger partial charge >= 0.3 is 5.97 Å². The van der Waals surface area contributed by atoms with Gasteiger partial charge in [0, 0.05) is 17.1 Å². The fourth-order valence-corrected chi connectivity index (χ4v) is 3.42. The number of ether oxygens (including phenoxy) is 1. The molecule has 0 saturated carbocycles. The lowest BCUT2D eigenvalue weighted by molar-refractivity contribution is 0.0526. The van der Waals surface area contributed by atoms with Crippen LogP contribution in [-0.2, 0) is 4.74 Å². The molecule has 0 bridgehead atoms. The maximum atomic E-state index is 11.9. The average molecular weight is 393 g/mol. The molecule has 0 fully saturated rings. The summed E-state index contributed by atoms with van der Waals surface area (Å²) in [6, 6.07) is 36.6. The first-order valence-corrected chi connectivity index (χ1v) is 10.0. The van der Waals surface area contributed by atoms with Gasteiger partial charge in [-0.05, 0) is 66.6 Å². The van der Waals surface area contributed by atoms with E-state index in [1.54, 1.807) is 0 Å². The number of hydrogen-bond donors (Lipinski definition) is 0. The minimum absolute atomic E-state index is 0.291. The Morgan fingerprint density at radius 2 is 1.07 bits per heavy atom. The van der Waals surface area contributed by atoms with E-state index in [9.17, 15) is 4.79 Å². The molecule has 0 saturated heterocycles.